The molecule has 162 valence electrons. The number of pyridine rings is 1. The molecule has 2 aliphatic heterocycles. The molecule has 0 aliphatic carbocycles. The molecule has 0 unspecified atom stereocenters. The van der Waals surface area contributed by atoms with Crippen molar-refractivity contribution in [2.45, 2.75) is 56.9 Å². The quantitative estimate of drug-likeness (QED) is 0.499. The highest BCUT2D eigenvalue weighted by atomic mass is 32.2. The molecular formula is C22H37N5OS. The van der Waals surface area contributed by atoms with Gasteiger partial charge < -0.3 is 15.4 Å². The Labute approximate surface area is 180 Å². The van der Waals surface area contributed by atoms with Crippen molar-refractivity contribution in [3.05, 3.63) is 30.1 Å². The lowest BCUT2D eigenvalue weighted by Gasteiger charge is -2.36. The zero-order valence-corrected chi connectivity index (χ0v) is 18.8. The van der Waals surface area contributed by atoms with Crippen molar-refractivity contribution in [2.75, 3.05) is 45.1 Å². The summed E-state index contributed by atoms with van der Waals surface area (Å²) in [6.45, 7) is 11.0. The van der Waals surface area contributed by atoms with Crippen LogP contribution in [0.15, 0.2) is 29.4 Å². The van der Waals surface area contributed by atoms with E-state index < -0.39 is 0 Å². The van der Waals surface area contributed by atoms with Crippen molar-refractivity contribution in [3.8, 4) is 0 Å². The van der Waals surface area contributed by atoms with Gasteiger partial charge in [-0.2, -0.15) is 11.8 Å². The third-order valence-corrected chi connectivity index (χ3v) is 7.20. The van der Waals surface area contributed by atoms with Gasteiger partial charge in [0.25, 0.3) is 0 Å². The average Bonchev–Trinajstić information content (AvgIpc) is 2.75. The molecule has 1 aromatic heterocycles. The molecule has 3 heterocycles. The first-order chi connectivity index (χ1) is 14.2. The standard InChI is InChI=1S/C22H37N5OS/c1-3-23-21(25-18-22(29-4-2)10-15-28-16-11-22)26-19-8-13-27(14-9-19)17-20-7-5-6-12-24-20/h5-7,12,19H,3-4,8-11,13-18H2,1-2H3,(H2,23,25,26). The summed E-state index contributed by atoms with van der Waals surface area (Å²) in [5.74, 6) is 2.10. The van der Waals surface area contributed by atoms with Crippen LogP contribution in [0, 0.1) is 0 Å². The van der Waals surface area contributed by atoms with Crippen molar-refractivity contribution in [2.24, 2.45) is 4.99 Å². The van der Waals surface area contributed by atoms with E-state index in [1.807, 2.05) is 12.3 Å². The number of piperidine rings is 1. The van der Waals surface area contributed by atoms with Gasteiger partial charge in [0.15, 0.2) is 5.96 Å². The Morgan fingerprint density at radius 1 is 1.28 bits per heavy atom. The number of nitrogens with zero attached hydrogens (tertiary/aromatic N) is 3. The third kappa shape index (κ3) is 7.15. The third-order valence-electron chi connectivity index (χ3n) is 5.76. The summed E-state index contributed by atoms with van der Waals surface area (Å²) >= 11 is 2.05. The van der Waals surface area contributed by atoms with Crippen molar-refractivity contribution < 1.29 is 4.74 Å². The van der Waals surface area contributed by atoms with Crippen LogP contribution in [-0.4, -0.2) is 71.8 Å². The lowest BCUT2D eigenvalue weighted by atomic mass is 9.99. The number of aliphatic imine (C=N–C) groups is 1. The number of hydrogen-bond donors (Lipinski definition) is 2. The van der Waals surface area contributed by atoms with Crippen LogP contribution < -0.4 is 10.6 Å². The number of ether oxygens (including phenoxy) is 1. The van der Waals surface area contributed by atoms with Gasteiger partial charge in [0.05, 0.1) is 12.2 Å². The number of nitrogens with one attached hydrogen (secondary N) is 2. The predicted octanol–water partition coefficient (Wildman–Crippen LogP) is 2.90. The highest BCUT2D eigenvalue weighted by molar-refractivity contribution is 8.00. The van der Waals surface area contributed by atoms with E-state index in [9.17, 15) is 0 Å². The first-order valence-corrected chi connectivity index (χ1v) is 12.1. The second kappa shape index (κ2) is 11.8. The molecule has 0 saturated carbocycles. The topological polar surface area (TPSA) is 61.8 Å². The van der Waals surface area contributed by atoms with Crippen molar-refractivity contribution in [3.63, 3.8) is 0 Å². The summed E-state index contributed by atoms with van der Waals surface area (Å²) in [5, 5.41) is 7.15. The van der Waals surface area contributed by atoms with E-state index in [0.717, 1.165) is 89.0 Å². The summed E-state index contributed by atoms with van der Waals surface area (Å²) in [7, 11) is 0. The minimum absolute atomic E-state index is 0.237. The first kappa shape index (κ1) is 22.4. The average molecular weight is 420 g/mol. The molecule has 0 amide bonds. The highest BCUT2D eigenvalue weighted by Crippen LogP contribution is 2.35. The lowest BCUT2D eigenvalue weighted by Crippen LogP contribution is -2.49. The molecule has 0 atom stereocenters. The molecular weight excluding hydrogens is 382 g/mol. The number of guanidine groups is 1. The van der Waals surface area contributed by atoms with Gasteiger partial charge in [-0.05, 0) is 50.5 Å². The molecule has 29 heavy (non-hydrogen) atoms. The molecule has 0 radical (unpaired) electrons. The highest BCUT2D eigenvalue weighted by Gasteiger charge is 2.32. The largest absolute Gasteiger partial charge is 0.381 e. The van der Waals surface area contributed by atoms with Crippen LogP contribution in [0.25, 0.3) is 0 Å². The van der Waals surface area contributed by atoms with E-state index in [1.54, 1.807) is 0 Å². The molecule has 1 aromatic rings. The van der Waals surface area contributed by atoms with E-state index in [2.05, 4.69) is 58.3 Å². The van der Waals surface area contributed by atoms with E-state index in [-0.39, 0.29) is 4.75 Å². The Bertz CT molecular complexity index is 607. The van der Waals surface area contributed by atoms with Crippen molar-refractivity contribution >= 4 is 17.7 Å². The zero-order chi connectivity index (χ0) is 20.4. The Kier molecular flexibility index (Phi) is 9.08. The van der Waals surface area contributed by atoms with Crippen LogP contribution in [0.5, 0.6) is 0 Å². The van der Waals surface area contributed by atoms with Gasteiger partial charge >= 0.3 is 0 Å². The van der Waals surface area contributed by atoms with Crippen molar-refractivity contribution in [1.82, 2.24) is 20.5 Å². The maximum absolute atomic E-state index is 5.60. The number of thioether (sulfide) groups is 1. The van der Waals surface area contributed by atoms with Crippen LogP contribution in [0.2, 0.25) is 0 Å². The van der Waals surface area contributed by atoms with Crippen LogP contribution >= 0.6 is 11.8 Å². The summed E-state index contributed by atoms with van der Waals surface area (Å²) in [4.78, 5) is 12.0. The van der Waals surface area contributed by atoms with E-state index in [1.165, 1.54) is 0 Å². The maximum atomic E-state index is 5.60. The summed E-state index contributed by atoms with van der Waals surface area (Å²) < 4.78 is 5.83. The molecule has 2 aliphatic rings. The minimum atomic E-state index is 0.237. The van der Waals surface area contributed by atoms with E-state index in [0.29, 0.717) is 6.04 Å². The number of likely N-dealkylation sites (tertiary alicyclic amines) is 1. The van der Waals surface area contributed by atoms with Crippen molar-refractivity contribution in [1.29, 1.82) is 0 Å². The molecule has 2 saturated heterocycles. The molecule has 0 aromatic carbocycles. The molecule has 0 spiro atoms. The van der Waals surface area contributed by atoms with Gasteiger partial charge in [0.2, 0.25) is 0 Å². The number of rotatable bonds is 8. The van der Waals surface area contributed by atoms with Crippen LogP contribution in [0.3, 0.4) is 0 Å². The molecule has 2 N–H and O–H groups in total. The Morgan fingerprint density at radius 3 is 2.72 bits per heavy atom. The summed E-state index contributed by atoms with van der Waals surface area (Å²) in [5.41, 5.74) is 1.16. The number of aromatic nitrogens is 1. The molecule has 7 heteroatoms. The fraction of sp³-hybridized carbons (Fsp3) is 0.727. The Morgan fingerprint density at radius 2 is 2.07 bits per heavy atom. The monoisotopic (exact) mass is 419 g/mol. The fourth-order valence-electron chi connectivity index (χ4n) is 4.09. The number of hydrogen-bond acceptors (Lipinski definition) is 5. The van der Waals surface area contributed by atoms with Crippen LogP contribution in [-0.2, 0) is 11.3 Å². The second-order valence-corrected chi connectivity index (χ2v) is 9.67. The van der Waals surface area contributed by atoms with Gasteiger partial charge in [-0.1, -0.05) is 13.0 Å². The summed E-state index contributed by atoms with van der Waals surface area (Å²) in [6.07, 6.45) is 6.35. The predicted molar refractivity (Wildman–Crippen MR) is 123 cm³/mol. The maximum Gasteiger partial charge on any atom is 0.191 e. The van der Waals surface area contributed by atoms with Gasteiger partial charge in [0.1, 0.15) is 0 Å². The van der Waals surface area contributed by atoms with Gasteiger partial charge in [-0.3, -0.25) is 14.9 Å². The van der Waals surface area contributed by atoms with E-state index in [4.69, 9.17) is 9.73 Å². The smallest absolute Gasteiger partial charge is 0.191 e. The lowest BCUT2D eigenvalue weighted by molar-refractivity contribution is 0.0793. The zero-order valence-electron chi connectivity index (χ0n) is 18.0. The molecule has 0 bridgehead atoms. The molecule has 2 fully saturated rings. The SMILES string of the molecule is CCNC(=NCC1(SCC)CCOCC1)NC1CCN(Cc2ccccn2)CC1. The Balaban J connectivity index is 1.50. The molecule has 3 rings (SSSR count). The van der Waals surface area contributed by atoms with Gasteiger partial charge in [0, 0.05) is 56.4 Å². The Hall–Kier alpha value is -1.31. The normalized spacial score (nSPS) is 21.1. The summed E-state index contributed by atoms with van der Waals surface area (Å²) in [6, 6.07) is 6.64. The molecule has 6 nitrogen and oxygen atoms in total. The fourth-order valence-corrected chi connectivity index (χ4v) is 5.31. The second-order valence-electron chi connectivity index (χ2n) is 7.94. The van der Waals surface area contributed by atoms with E-state index >= 15 is 0 Å². The first-order valence-electron chi connectivity index (χ1n) is 11.1. The van der Waals surface area contributed by atoms with Gasteiger partial charge in [-0.25, -0.2) is 0 Å². The minimum Gasteiger partial charge on any atom is -0.381 e. The van der Waals surface area contributed by atoms with Gasteiger partial charge in [-0.15, -0.1) is 0 Å². The van der Waals surface area contributed by atoms with Crippen LogP contribution in [0.1, 0.15) is 45.2 Å². The van der Waals surface area contributed by atoms with Crippen LogP contribution in [0.4, 0.5) is 0 Å².